The highest BCUT2D eigenvalue weighted by Gasteiger charge is 2.33. The number of fused-ring (bicyclic) bond motifs is 2. The van der Waals surface area contributed by atoms with Gasteiger partial charge < -0.3 is 24.6 Å². The smallest absolute Gasteiger partial charge is 0.391 e. The summed E-state index contributed by atoms with van der Waals surface area (Å²) in [6.45, 7) is 10.8. The van der Waals surface area contributed by atoms with Crippen molar-refractivity contribution in [3.05, 3.63) is 76.5 Å². The Hall–Kier alpha value is -5.14. The molecule has 3 aliphatic heterocycles. The van der Waals surface area contributed by atoms with Crippen molar-refractivity contribution < 1.29 is 32.6 Å². The van der Waals surface area contributed by atoms with Crippen LogP contribution >= 0.6 is 0 Å². The van der Waals surface area contributed by atoms with Gasteiger partial charge in [-0.25, -0.2) is 9.78 Å². The monoisotopic (exact) mass is 928 g/mol. The molecule has 4 fully saturated rings. The lowest BCUT2D eigenvalue weighted by molar-refractivity contribution is -0.137. The number of ether oxygens (including phenoxy) is 1. The van der Waals surface area contributed by atoms with Crippen molar-refractivity contribution in [3.63, 3.8) is 0 Å². The van der Waals surface area contributed by atoms with Gasteiger partial charge >= 0.3 is 11.9 Å². The number of likely N-dealkylation sites (tertiary alicyclic amines) is 1. The first-order valence-corrected chi connectivity index (χ1v) is 24.0. The number of nitrogens with one attached hydrogen (secondary N) is 2. The van der Waals surface area contributed by atoms with Crippen LogP contribution in [0.2, 0.25) is 0 Å². The van der Waals surface area contributed by atoms with E-state index in [1.165, 1.54) is 17.1 Å². The minimum Gasteiger partial charge on any atom is -0.393 e. The predicted molar refractivity (Wildman–Crippen MR) is 249 cm³/mol. The molecule has 0 radical (unpaired) electrons. The van der Waals surface area contributed by atoms with Gasteiger partial charge in [-0.15, -0.1) is 0 Å². The summed E-state index contributed by atoms with van der Waals surface area (Å²) in [5.41, 5.74) is 6.27. The zero-order valence-electron chi connectivity index (χ0n) is 38.5. The third kappa shape index (κ3) is 11.1. The molecule has 1 aliphatic carbocycles. The van der Waals surface area contributed by atoms with Gasteiger partial charge in [0.1, 0.15) is 11.7 Å². The lowest BCUT2D eigenvalue weighted by Crippen LogP contribution is -2.46. The van der Waals surface area contributed by atoms with Gasteiger partial charge in [0, 0.05) is 114 Å². The number of imide groups is 1. The number of aliphatic hydroxyl groups is 1. The lowest BCUT2D eigenvalue weighted by Gasteiger charge is -2.35. The van der Waals surface area contributed by atoms with Gasteiger partial charge in [-0.3, -0.25) is 33.8 Å². The number of hydrogen-bond acceptors (Lipinski definition) is 11. The quantitative estimate of drug-likeness (QED) is 0.0819. The summed E-state index contributed by atoms with van der Waals surface area (Å²) in [5.74, 6) is -0.557. The second kappa shape index (κ2) is 20.2. The number of nitrogens with zero attached hydrogens (tertiary/aromatic N) is 8. The van der Waals surface area contributed by atoms with E-state index in [1.54, 1.807) is 17.8 Å². The topological polar surface area (TPSA) is 155 Å². The van der Waals surface area contributed by atoms with E-state index >= 15 is 0 Å². The number of hydrogen-bond donors (Lipinski definition) is 3. The number of aryl methyl sites for hydroxylation is 1. The van der Waals surface area contributed by atoms with Gasteiger partial charge in [0.05, 0.1) is 29.7 Å². The minimum atomic E-state index is -4.29. The molecule has 3 N–H and O–H groups in total. The molecule has 15 nitrogen and oxygen atoms in total. The molecule has 0 bridgehead atoms. The molecule has 67 heavy (non-hydrogen) atoms. The number of aliphatic hydroxyl groups excluding tert-OH is 1. The van der Waals surface area contributed by atoms with E-state index in [9.17, 15) is 32.7 Å². The average Bonchev–Trinajstić information content (AvgIpc) is 3.79. The fraction of sp³-hybridized carbons (Fsp3) is 0.571. The maximum Gasteiger partial charge on any atom is 0.391 e. The molecule has 2 amide bonds. The van der Waals surface area contributed by atoms with E-state index in [4.69, 9.17) is 9.72 Å². The van der Waals surface area contributed by atoms with Crippen molar-refractivity contribution in [2.24, 2.45) is 7.05 Å². The molecule has 6 heterocycles. The van der Waals surface area contributed by atoms with E-state index in [-0.39, 0.29) is 42.2 Å². The maximum absolute atomic E-state index is 13.2. The van der Waals surface area contributed by atoms with Gasteiger partial charge in [0.25, 0.3) is 0 Å². The number of alkyl halides is 3. The van der Waals surface area contributed by atoms with Crippen molar-refractivity contribution in [1.82, 2.24) is 43.7 Å². The van der Waals surface area contributed by atoms with Crippen molar-refractivity contribution in [2.75, 3.05) is 57.7 Å². The highest BCUT2D eigenvalue weighted by Crippen LogP contribution is 2.37. The third-order valence-electron chi connectivity index (χ3n) is 14.3. The Balaban J connectivity index is 0.708. The second-order valence-corrected chi connectivity index (χ2v) is 19.2. The van der Waals surface area contributed by atoms with Crippen molar-refractivity contribution in [2.45, 2.75) is 121 Å². The summed E-state index contributed by atoms with van der Waals surface area (Å²) in [5, 5.41) is 16.2. The standard InChI is InChI=1S/C49H63F3N10O5/c1-32(27-49(50,51)52)54-47-53-28-39-40(31-61(45(39)56-47)36-9-11-37(63)12-10-36)35-7-4-33(5-8-35)29-60-23-21-58(22-24-60)18-3-25-67-38-16-19-59(20-17-38)30-34-6-13-41-43(26-34)57(2)48(66)62(41)42-14-15-44(64)55-46(42)65/h4-8,13,26,28,31-32,36-38,42,63H,3,9-12,14-25,27,29-30H2,1-2H3,(H,53,54,56)(H,55,64,65)/t32-,36?,37?,42?/m1/s1. The van der Waals surface area contributed by atoms with Crippen LogP contribution in [-0.2, 0) is 34.5 Å². The average molecular weight is 929 g/mol. The summed E-state index contributed by atoms with van der Waals surface area (Å²) in [6.07, 6.45) is 4.94. The number of benzene rings is 2. The molecule has 1 unspecified atom stereocenters. The van der Waals surface area contributed by atoms with Gasteiger partial charge in [-0.1, -0.05) is 30.3 Å². The first-order chi connectivity index (χ1) is 32.2. The number of piperazine rings is 1. The molecule has 5 aromatic rings. The first kappa shape index (κ1) is 46.9. The SMILES string of the molecule is C[C@H](CC(F)(F)F)Nc1ncc2c(-c3ccc(CN4CCN(CCCOC5CCN(Cc6ccc7c(c6)n(C)c(=O)n7C6CCC(=O)NC6=O)CC5)CC4)cc3)cn(C3CCC(O)CC3)c2n1. The van der Waals surface area contributed by atoms with Crippen LogP contribution in [0.5, 0.6) is 0 Å². The Labute approximate surface area is 388 Å². The van der Waals surface area contributed by atoms with Gasteiger partial charge in [0.15, 0.2) is 0 Å². The first-order valence-electron chi connectivity index (χ1n) is 24.0. The molecule has 360 valence electrons. The highest BCUT2D eigenvalue weighted by atomic mass is 19.4. The number of aromatic nitrogens is 5. The van der Waals surface area contributed by atoms with Gasteiger partial charge in [-0.2, -0.15) is 18.2 Å². The molecular formula is C49H63F3N10O5. The van der Waals surface area contributed by atoms with Crippen molar-refractivity contribution in [3.8, 4) is 11.1 Å². The molecule has 3 saturated heterocycles. The normalized spacial score (nSPS) is 22.4. The van der Waals surface area contributed by atoms with Crippen LogP contribution in [0.25, 0.3) is 33.2 Å². The number of carbonyl (C=O) groups excluding carboxylic acids is 2. The summed E-state index contributed by atoms with van der Waals surface area (Å²) < 4.78 is 50.8. The summed E-state index contributed by atoms with van der Waals surface area (Å²) in [4.78, 5) is 54.1. The van der Waals surface area contributed by atoms with E-state index < -0.39 is 30.6 Å². The molecule has 3 aromatic heterocycles. The Morgan fingerprint density at radius 1 is 0.866 bits per heavy atom. The van der Waals surface area contributed by atoms with Crippen molar-refractivity contribution in [1.29, 1.82) is 0 Å². The number of rotatable bonds is 15. The molecule has 1 saturated carbocycles. The molecule has 2 atom stereocenters. The number of halogens is 3. The van der Waals surface area contributed by atoms with Crippen molar-refractivity contribution >= 4 is 39.8 Å². The Kier molecular flexibility index (Phi) is 14.2. The van der Waals surface area contributed by atoms with Crippen LogP contribution in [-0.4, -0.2) is 132 Å². The number of anilines is 1. The van der Waals surface area contributed by atoms with E-state index in [2.05, 4.69) is 65.3 Å². The fourth-order valence-corrected chi connectivity index (χ4v) is 10.5. The number of amides is 2. The zero-order valence-corrected chi connectivity index (χ0v) is 38.5. The van der Waals surface area contributed by atoms with Crippen LogP contribution in [0, 0.1) is 0 Å². The highest BCUT2D eigenvalue weighted by molar-refractivity contribution is 6.00. The summed E-state index contributed by atoms with van der Waals surface area (Å²) in [6, 6.07) is 13.2. The molecule has 18 heteroatoms. The third-order valence-corrected chi connectivity index (χ3v) is 14.3. The van der Waals surface area contributed by atoms with Gasteiger partial charge in [0.2, 0.25) is 17.8 Å². The zero-order chi connectivity index (χ0) is 46.8. The second-order valence-electron chi connectivity index (χ2n) is 19.2. The maximum atomic E-state index is 13.2. The van der Waals surface area contributed by atoms with Crippen LogP contribution in [0.15, 0.2) is 59.7 Å². The van der Waals surface area contributed by atoms with Crippen LogP contribution in [0.1, 0.15) is 94.3 Å². The molecule has 2 aromatic carbocycles. The summed E-state index contributed by atoms with van der Waals surface area (Å²) in [7, 11) is 1.73. The molecule has 0 spiro atoms. The lowest BCUT2D eigenvalue weighted by atomic mass is 9.93. The number of carbonyl (C=O) groups is 2. The largest absolute Gasteiger partial charge is 0.393 e. The van der Waals surface area contributed by atoms with E-state index in [0.29, 0.717) is 30.4 Å². The molecular weight excluding hydrogens is 866 g/mol. The summed E-state index contributed by atoms with van der Waals surface area (Å²) >= 11 is 0. The van der Waals surface area contributed by atoms with E-state index in [1.807, 2.05) is 18.2 Å². The predicted octanol–water partition coefficient (Wildman–Crippen LogP) is 6.15. The number of imidazole rings is 1. The fourth-order valence-electron chi connectivity index (χ4n) is 10.5. The minimum absolute atomic E-state index is 0.128. The Morgan fingerprint density at radius 3 is 2.27 bits per heavy atom. The Morgan fingerprint density at radius 2 is 1.55 bits per heavy atom. The Bertz CT molecular complexity index is 2590. The number of piperidine rings is 2. The van der Waals surface area contributed by atoms with Crippen LogP contribution in [0.4, 0.5) is 19.1 Å². The van der Waals surface area contributed by atoms with E-state index in [0.717, 1.165) is 125 Å². The van der Waals surface area contributed by atoms with Crippen LogP contribution in [0.3, 0.4) is 0 Å². The molecule has 9 rings (SSSR count). The van der Waals surface area contributed by atoms with Gasteiger partial charge in [-0.05, 0) is 87.1 Å². The molecule has 4 aliphatic rings. The van der Waals surface area contributed by atoms with Crippen LogP contribution < -0.4 is 16.3 Å².